The molecule has 0 saturated heterocycles. The number of rotatable bonds is 6. The minimum Gasteiger partial charge on any atom is -0.465 e. The normalized spacial score (nSPS) is 17.6. The van der Waals surface area contributed by atoms with Crippen LogP contribution in [0.4, 0.5) is 0 Å². The van der Waals surface area contributed by atoms with Gasteiger partial charge < -0.3 is 9.47 Å². The number of hydrazone groups is 1. The molecule has 6 nitrogen and oxygen atoms in total. The molecule has 0 spiro atoms. The number of carbonyl (C=O) groups is 2. The SMILES string of the molecule is CCOC(=O)C1=NNC(c2ccccc2)(c2ccccc2)[C@@H]1C(=O)OCC. The highest BCUT2D eigenvalue weighted by Crippen LogP contribution is 2.41. The minimum absolute atomic E-state index is 0.0167. The molecule has 1 aliphatic rings. The van der Waals surface area contributed by atoms with Gasteiger partial charge in [0.25, 0.3) is 0 Å². The van der Waals surface area contributed by atoms with Crippen LogP contribution in [0.3, 0.4) is 0 Å². The Bertz CT molecular complexity index is 794. The molecule has 0 unspecified atom stereocenters. The first kappa shape index (κ1) is 18.6. The summed E-state index contributed by atoms with van der Waals surface area (Å²) in [6.45, 7) is 3.83. The molecule has 0 aromatic heterocycles. The van der Waals surface area contributed by atoms with Crippen LogP contribution in [0.1, 0.15) is 25.0 Å². The fourth-order valence-electron chi connectivity index (χ4n) is 3.40. The summed E-state index contributed by atoms with van der Waals surface area (Å²) in [5.41, 5.74) is 3.63. The topological polar surface area (TPSA) is 77.0 Å². The maximum absolute atomic E-state index is 13.0. The Kier molecular flexibility index (Phi) is 5.54. The molecule has 140 valence electrons. The third-order valence-electron chi connectivity index (χ3n) is 4.52. The van der Waals surface area contributed by atoms with E-state index < -0.39 is 23.4 Å². The van der Waals surface area contributed by atoms with Gasteiger partial charge in [-0.25, -0.2) is 4.79 Å². The van der Waals surface area contributed by atoms with Crippen molar-refractivity contribution < 1.29 is 19.1 Å². The van der Waals surface area contributed by atoms with Crippen LogP contribution in [0.25, 0.3) is 0 Å². The summed E-state index contributed by atoms with van der Waals surface area (Å²) in [6.07, 6.45) is 0. The molecule has 0 radical (unpaired) electrons. The summed E-state index contributed by atoms with van der Waals surface area (Å²) < 4.78 is 10.4. The van der Waals surface area contributed by atoms with Gasteiger partial charge in [-0.3, -0.25) is 10.2 Å². The number of benzene rings is 2. The van der Waals surface area contributed by atoms with Crippen LogP contribution in [0.5, 0.6) is 0 Å². The predicted octanol–water partition coefficient (Wildman–Crippen LogP) is 2.63. The van der Waals surface area contributed by atoms with Gasteiger partial charge in [-0.1, -0.05) is 60.7 Å². The van der Waals surface area contributed by atoms with Crippen LogP contribution in [-0.4, -0.2) is 30.9 Å². The molecule has 1 aliphatic heterocycles. The summed E-state index contributed by atoms with van der Waals surface area (Å²) >= 11 is 0. The van der Waals surface area contributed by atoms with Crippen molar-refractivity contribution in [1.29, 1.82) is 0 Å². The molecule has 0 fully saturated rings. The van der Waals surface area contributed by atoms with Gasteiger partial charge in [0.15, 0.2) is 5.71 Å². The lowest BCUT2D eigenvalue weighted by molar-refractivity contribution is -0.148. The standard InChI is InChI=1S/C21H22N2O4/c1-3-26-19(24)17-18(20(25)27-4-2)22-23-21(17,15-11-7-5-8-12-15)16-13-9-6-10-14-16/h5-14,17,23H,3-4H2,1-2H3/t17-/m0/s1. The first-order valence-electron chi connectivity index (χ1n) is 8.94. The Hall–Kier alpha value is -3.15. The summed E-state index contributed by atoms with van der Waals surface area (Å²) in [6, 6.07) is 18.9. The van der Waals surface area contributed by atoms with E-state index in [1.807, 2.05) is 60.7 Å². The van der Waals surface area contributed by atoms with Crippen molar-refractivity contribution in [3.8, 4) is 0 Å². The van der Waals surface area contributed by atoms with E-state index >= 15 is 0 Å². The molecule has 0 amide bonds. The van der Waals surface area contributed by atoms with Crippen LogP contribution in [-0.2, 0) is 24.6 Å². The van der Waals surface area contributed by atoms with Gasteiger partial charge in [0.05, 0.1) is 13.2 Å². The van der Waals surface area contributed by atoms with Gasteiger partial charge in [-0.2, -0.15) is 5.10 Å². The molecular weight excluding hydrogens is 344 g/mol. The van der Waals surface area contributed by atoms with Crippen molar-refractivity contribution in [2.45, 2.75) is 19.4 Å². The quantitative estimate of drug-likeness (QED) is 0.796. The van der Waals surface area contributed by atoms with Crippen molar-refractivity contribution in [3.05, 3.63) is 71.8 Å². The van der Waals surface area contributed by atoms with E-state index in [1.165, 1.54) is 0 Å². The Morgan fingerprint density at radius 2 is 1.44 bits per heavy atom. The first-order valence-corrected chi connectivity index (χ1v) is 8.94. The molecule has 2 aromatic carbocycles. The molecule has 1 N–H and O–H groups in total. The molecule has 0 aliphatic carbocycles. The van der Waals surface area contributed by atoms with Gasteiger partial charge in [0, 0.05) is 0 Å². The van der Waals surface area contributed by atoms with Gasteiger partial charge in [0.2, 0.25) is 0 Å². The lowest BCUT2D eigenvalue weighted by Crippen LogP contribution is -2.49. The number of ether oxygens (including phenoxy) is 2. The largest absolute Gasteiger partial charge is 0.465 e. The van der Waals surface area contributed by atoms with Crippen molar-refractivity contribution >= 4 is 17.7 Å². The zero-order chi connectivity index (χ0) is 19.3. The van der Waals surface area contributed by atoms with Crippen LogP contribution in [0.2, 0.25) is 0 Å². The van der Waals surface area contributed by atoms with E-state index in [-0.39, 0.29) is 18.9 Å². The zero-order valence-electron chi connectivity index (χ0n) is 15.3. The predicted molar refractivity (Wildman–Crippen MR) is 101 cm³/mol. The van der Waals surface area contributed by atoms with Crippen LogP contribution >= 0.6 is 0 Å². The zero-order valence-corrected chi connectivity index (χ0v) is 15.3. The van der Waals surface area contributed by atoms with Gasteiger partial charge in [0.1, 0.15) is 11.5 Å². The van der Waals surface area contributed by atoms with E-state index in [9.17, 15) is 9.59 Å². The lowest BCUT2D eigenvalue weighted by atomic mass is 9.72. The van der Waals surface area contributed by atoms with Crippen LogP contribution in [0, 0.1) is 5.92 Å². The number of hydrogen-bond donors (Lipinski definition) is 1. The number of hydrogen-bond acceptors (Lipinski definition) is 6. The lowest BCUT2D eigenvalue weighted by Gasteiger charge is -2.35. The maximum Gasteiger partial charge on any atom is 0.355 e. The highest BCUT2D eigenvalue weighted by Gasteiger charge is 2.55. The van der Waals surface area contributed by atoms with Gasteiger partial charge >= 0.3 is 11.9 Å². The summed E-state index contributed by atoms with van der Waals surface area (Å²) in [5, 5.41) is 4.24. The minimum atomic E-state index is -1.06. The average molecular weight is 366 g/mol. The Balaban J connectivity index is 2.19. The second-order valence-electron chi connectivity index (χ2n) is 6.05. The molecule has 6 heteroatoms. The molecular formula is C21H22N2O4. The number of esters is 2. The van der Waals surface area contributed by atoms with Crippen molar-refractivity contribution in [2.24, 2.45) is 11.0 Å². The Morgan fingerprint density at radius 1 is 0.926 bits per heavy atom. The van der Waals surface area contributed by atoms with Crippen molar-refractivity contribution in [3.63, 3.8) is 0 Å². The highest BCUT2D eigenvalue weighted by atomic mass is 16.5. The number of carbonyl (C=O) groups excluding carboxylic acids is 2. The fourth-order valence-corrected chi connectivity index (χ4v) is 3.40. The monoisotopic (exact) mass is 366 g/mol. The molecule has 1 heterocycles. The van der Waals surface area contributed by atoms with Crippen LogP contribution in [0.15, 0.2) is 65.8 Å². The van der Waals surface area contributed by atoms with Gasteiger partial charge in [-0.05, 0) is 25.0 Å². The number of nitrogens with one attached hydrogen (secondary N) is 1. The second-order valence-corrected chi connectivity index (χ2v) is 6.05. The number of nitrogens with zero attached hydrogens (tertiary/aromatic N) is 1. The maximum atomic E-state index is 13.0. The summed E-state index contributed by atoms with van der Waals surface area (Å²) in [4.78, 5) is 25.5. The first-order chi connectivity index (χ1) is 13.1. The van der Waals surface area contributed by atoms with E-state index in [0.29, 0.717) is 0 Å². The fraction of sp³-hybridized carbons (Fsp3) is 0.286. The molecule has 0 bridgehead atoms. The van der Waals surface area contributed by atoms with Crippen molar-refractivity contribution in [1.82, 2.24) is 5.43 Å². The average Bonchev–Trinajstić information content (AvgIpc) is 3.11. The molecule has 3 rings (SSSR count). The second kappa shape index (κ2) is 8.03. The Labute approximate surface area is 158 Å². The molecule has 1 atom stereocenters. The smallest absolute Gasteiger partial charge is 0.355 e. The molecule has 27 heavy (non-hydrogen) atoms. The van der Waals surface area contributed by atoms with E-state index in [2.05, 4.69) is 10.5 Å². The highest BCUT2D eigenvalue weighted by molar-refractivity contribution is 6.41. The van der Waals surface area contributed by atoms with Crippen LogP contribution < -0.4 is 5.43 Å². The van der Waals surface area contributed by atoms with E-state index in [1.54, 1.807) is 13.8 Å². The summed E-state index contributed by atoms with van der Waals surface area (Å²) in [7, 11) is 0. The van der Waals surface area contributed by atoms with E-state index in [4.69, 9.17) is 9.47 Å². The van der Waals surface area contributed by atoms with E-state index in [0.717, 1.165) is 11.1 Å². The van der Waals surface area contributed by atoms with Gasteiger partial charge in [-0.15, -0.1) is 0 Å². The summed E-state index contributed by atoms with van der Waals surface area (Å²) in [5.74, 6) is -2.12. The molecule has 0 saturated carbocycles. The third kappa shape index (κ3) is 3.30. The molecule has 2 aromatic rings. The Morgan fingerprint density at radius 3 is 1.93 bits per heavy atom. The third-order valence-corrected chi connectivity index (χ3v) is 4.52. The van der Waals surface area contributed by atoms with Crippen molar-refractivity contribution in [2.75, 3.05) is 13.2 Å².